The molecule has 1 aliphatic rings. The van der Waals surface area contributed by atoms with Crippen molar-refractivity contribution in [2.45, 2.75) is 44.0 Å². The molecule has 6 heteroatoms. The van der Waals surface area contributed by atoms with Crippen LogP contribution in [-0.4, -0.2) is 37.9 Å². The van der Waals surface area contributed by atoms with Gasteiger partial charge in [0.2, 0.25) is 10.0 Å². The summed E-state index contributed by atoms with van der Waals surface area (Å²) in [5.74, 6) is 0.787. The summed E-state index contributed by atoms with van der Waals surface area (Å²) in [6.07, 6.45) is 5.68. The van der Waals surface area contributed by atoms with Crippen molar-refractivity contribution in [1.29, 1.82) is 0 Å². The summed E-state index contributed by atoms with van der Waals surface area (Å²) in [5.41, 5.74) is 2.42. The lowest BCUT2D eigenvalue weighted by Crippen LogP contribution is -2.38. The monoisotopic (exact) mass is 387 g/mol. The van der Waals surface area contributed by atoms with Gasteiger partial charge in [-0.3, -0.25) is 9.88 Å². The maximum absolute atomic E-state index is 12.5. The summed E-state index contributed by atoms with van der Waals surface area (Å²) in [5, 5.41) is 0. The number of hydrogen-bond donors (Lipinski definition) is 1. The second-order valence-corrected chi connectivity index (χ2v) is 9.42. The van der Waals surface area contributed by atoms with Gasteiger partial charge in [0.15, 0.2) is 0 Å². The Bertz CT molecular complexity index is 812. The predicted octanol–water partition coefficient (Wildman–Crippen LogP) is 3.40. The van der Waals surface area contributed by atoms with Gasteiger partial charge in [-0.2, -0.15) is 0 Å². The number of piperidine rings is 1. The van der Waals surface area contributed by atoms with E-state index in [4.69, 9.17) is 0 Å². The first-order valence-electron chi connectivity index (χ1n) is 9.65. The van der Waals surface area contributed by atoms with Crippen LogP contribution in [-0.2, 0) is 16.6 Å². The number of likely N-dealkylation sites (tertiary alicyclic amines) is 1. The summed E-state index contributed by atoms with van der Waals surface area (Å²) in [6.45, 7) is 7.64. The third-order valence-electron chi connectivity index (χ3n) is 5.28. The van der Waals surface area contributed by atoms with E-state index in [2.05, 4.69) is 28.5 Å². The molecule has 1 aliphatic heterocycles. The molecule has 0 saturated carbocycles. The van der Waals surface area contributed by atoms with Crippen LogP contribution < -0.4 is 4.72 Å². The molecule has 0 unspecified atom stereocenters. The third-order valence-corrected chi connectivity index (χ3v) is 6.72. The second kappa shape index (κ2) is 8.95. The molecule has 1 aromatic heterocycles. The van der Waals surface area contributed by atoms with Gasteiger partial charge in [0.1, 0.15) is 0 Å². The Hall–Kier alpha value is -1.76. The van der Waals surface area contributed by atoms with Gasteiger partial charge in [-0.05, 0) is 73.2 Å². The minimum absolute atomic E-state index is 0.349. The maximum Gasteiger partial charge on any atom is 0.240 e. The molecule has 0 amide bonds. The standard InChI is InChI=1S/C21H29N3O2S/c1-17(2)20-3-5-21(6-4-20)27(25,26)23-15-18-9-13-24(14-10-18)16-19-7-11-22-12-8-19/h3-8,11-12,17-18,23H,9-10,13-16H2,1-2H3. The molecule has 5 nitrogen and oxygen atoms in total. The van der Waals surface area contributed by atoms with E-state index in [0.717, 1.165) is 38.0 Å². The van der Waals surface area contributed by atoms with Crippen LogP contribution >= 0.6 is 0 Å². The van der Waals surface area contributed by atoms with E-state index in [-0.39, 0.29) is 0 Å². The summed E-state index contributed by atoms with van der Waals surface area (Å²) in [7, 11) is -3.43. The highest BCUT2D eigenvalue weighted by Gasteiger charge is 2.22. The Kier molecular flexibility index (Phi) is 6.63. The number of nitrogens with one attached hydrogen (secondary N) is 1. The van der Waals surface area contributed by atoms with Crippen LogP contribution in [0.2, 0.25) is 0 Å². The Morgan fingerprint density at radius 1 is 1.07 bits per heavy atom. The van der Waals surface area contributed by atoms with Crippen LogP contribution in [0.25, 0.3) is 0 Å². The largest absolute Gasteiger partial charge is 0.299 e. The highest BCUT2D eigenvalue weighted by molar-refractivity contribution is 7.89. The normalized spacial score (nSPS) is 16.7. The van der Waals surface area contributed by atoms with Gasteiger partial charge in [0, 0.05) is 25.5 Å². The molecule has 1 N–H and O–H groups in total. The zero-order valence-corrected chi connectivity index (χ0v) is 17.0. The van der Waals surface area contributed by atoms with Gasteiger partial charge in [-0.1, -0.05) is 26.0 Å². The lowest BCUT2D eigenvalue weighted by molar-refractivity contribution is 0.178. The van der Waals surface area contributed by atoms with Gasteiger partial charge in [0.05, 0.1) is 4.90 Å². The van der Waals surface area contributed by atoms with Gasteiger partial charge in [-0.15, -0.1) is 0 Å². The molecule has 27 heavy (non-hydrogen) atoms. The molecule has 2 heterocycles. The Labute approximate surface area is 162 Å². The van der Waals surface area contributed by atoms with E-state index in [1.54, 1.807) is 12.1 Å². The van der Waals surface area contributed by atoms with Crippen molar-refractivity contribution in [2.75, 3.05) is 19.6 Å². The topological polar surface area (TPSA) is 62.3 Å². The van der Waals surface area contributed by atoms with Crippen LogP contribution in [0.1, 0.15) is 43.7 Å². The molecule has 1 fully saturated rings. The number of aromatic nitrogens is 1. The molecular formula is C21H29N3O2S. The lowest BCUT2D eigenvalue weighted by Gasteiger charge is -2.32. The molecule has 3 rings (SSSR count). The Morgan fingerprint density at radius 3 is 2.30 bits per heavy atom. The summed E-state index contributed by atoms with van der Waals surface area (Å²) in [4.78, 5) is 6.82. The van der Waals surface area contributed by atoms with Crippen molar-refractivity contribution in [3.05, 3.63) is 59.9 Å². The number of sulfonamides is 1. The van der Waals surface area contributed by atoms with Crippen LogP contribution in [0.5, 0.6) is 0 Å². The molecule has 1 saturated heterocycles. The fourth-order valence-electron chi connectivity index (χ4n) is 3.44. The third kappa shape index (κ3) is 5.61. The SMILES string of the molecule is CC(C)c1ccc(S(=O)(=O)NCC2CCN(Cc3ccncc3)CC2)cc1. The van der Waals surface area contributed by atoms with Crippen molar-refractivity contribution in [2.24, 2.45) is 5.92 Å². The van der Waals surface area contributed by atoms with Crippen LogP contribution in [0.15, 0.2) is 53.7 Å². The number of nitrogens with zero attached hydrogens (tertiary/aromatic N) is 2. The number of benzene rings is 1. The van der Waals surface area contributed by atoms with Crippen LogP contribution in [0, 0.1) is 5.92 Å². The molecule has 0 aliphatic carbocycles. The second-order valence-electron chi connectivity index (χ2n) is 7.65. The van der Waals surface area contributed by atoms with Crippen molar-refractivity contribution in [3.63, 3.8) is 0 Å². The Balaban J connectivity index is 1.47. The smallest absolute Gasteiger partial charge is 0.240 e. The van der Waals surface area contributed by atoms with E-state index < -0.39 is 10.0 Å². The van der Waals surface area contributed by atoms with Crippen molar-refractivity contribution in [1.82, 2.24) is 14.6 Å². The first kappa shape index (κ1) is 20.0. The molecule has 0 bridgehead atoms. The van der Waals surface area contributed by atoms with E-state index in [1.165, 1.54) is 5.56 Å². The van der Waals surface area contributed by atoms with E-state index >= 15 is 0 Å². The minimum atomic E-state index is -3.43. The number of rotatable bonds is 7. The first-order chi connectivity index (χ1) is 12.9. The number of hydrogen-bond acceptors (Lipinski definition) is 4. The molecule has 0 atom stereocenters. The Morgan fingerprint density at radius 2 is 1.70 bits per heavy atom. The van der Waals surface area contributed by atoms with Gasteiger partial charge in [-0.25, -0.2) is 13.1 Å². The van der Waals surface area contributed by atoms with E-state index in [9.17, 15) is 8.42 Å². The molecule has 0 radical (unpaired) electrons. The summed E-state index contributed by atoms with van der Waals surface area (Å²) < 4.78 is 27.9. The zero-order chi connectivity index (χ0) is 19.3. The number of pyridine rings is 1. The average molecular weight is 388 g/mol. The zero-order valence-electron chi connectivity index (χ0n) is 16.1. The molecule has 0 spiro atoms. The highest BCUT2D eigenvalue weighted by Crippen LogP contribution is 2.20. The molecule has 146 valence electrons. The fourth-order valence-corrected chi connectivity index (χ4v) is 4.55. The average Bonchev–Trinajstić information content (AvgIpc) is 2.68. The molecular weight excluding hydrogens is 358 g/mol. The van der Waals surface area contributed by atoms with Crippen LogP contribution in [0.4, 0.5) is 0 Å². The van der Waals surface area contributed by atoms with E-state index in [0.29, 0.717) is 23.3 Å². The van der Waals surface area contributed by atoms with Crippen LogP contribution in [0.3, 0.4) is 0 Å². The fraction of sp³-hybridized carbons (Fsp3) is 0.476. The van der Waals surface area contributed by atoms with Crippen molar-refractivity contribution < 1.29 is 8.42 Å². The van der Waals surface area contributed by atoms with Gasteiger partial charge < -0.3 is 0 Å². The highest BCUT2D eigenvalue weighted by atomic mass is 32.2. The van der Waals surface area contributed by atoms with Gasteiger partial charge >= 0.3 is 0 Å². The minimum Gasteiger partial charge on any atom is -0.299 e. The summed E-state index contributed by atoms with van der Waals surface area (Å²) in [6, 6.07) is 11.3. The van der Waals surface area contributed by atoms with Crippen molar-refractivity contribution in [3.8, 4) is 0 Å². The molecule has 1 aromatic carbocycles. The van der Waals surface area contributed by atoms with Gasteiger partial charge in [0.25, 0.3) is 0 Å². The van der Waals surface area contributed by atoms with E-state index in [1.807, 2.05) is 36.7 Å². The summed E-state index contributed by atoms with van der Waals surface area (Å²) >= 11 is 0. The predicted molar refractivity (Wildman–Crippen MR) is 108 cm³/mol. The maximum atomic E-state index is 12.5. The lowest BCUT2D eigenvalue weighted by atomic mass is 9.97. The first-order valence-corrected chi connectivity index (χ1v) is 11.1. The van der Waals surface area contributed by atoms with Crippen molar-refractivity contribution >= 4 is 10.0 Å². The quantitative estimate of drug-likeness (QED) is 0.791. The molecule has 2 aromatic rings.